The maximum absolute atomic E-state index is 13.6. The molecule has 5 nitrogen and oxygen atoms in total. The molecule has 6 rings (SSSR count). The van der Waals surface area contributed by atoms with Crippen LogP contribution >= 0.6 is 11.8 Å². The van der Waals surface area contributed by atoms with E-state index in [-0.39, 0.29) is 11.9 Å². The first kappa shape index (κ1) is 20.9. The predicted octanol–water partition coefficient (Wildman–Crippen LogP) is 6.96. The lowest BCUT2D eigenvalue weighted by Crippen LogP contribution is -2.39. The molecule has 1 aliphatic heterocycles. The normalized spacial score (nSPS) is 16.0. The number of amides is 1. The van der Waals surface area contributed by atoms with Crippen LogP contribution in [0.4, 0.5) is 5.69 Å². The number of nitrogens with zero attached hydrogens (tertiary/aromatic N) is 3. The van der Waals surface area contributed by atoms with Crippen LogP contribution in [0.2, 0.25) is 0 Å². The Bertz CT molecular complexity index is 1370. The van der Waals surface area contributed by atoms with Gasteiger partial charge in [-0.25, -0.2) is 0 Å². The van der Waals surface area contributed by atoms with Crippen molar-refractivity contribution in [3.63, 3.8) is 0 Å². The fourth-order valence-corrected chi connectivity index (χ4v) is 5.81. The minimum atomic E-state index is 0.0920. The Morgan fingerprint density at radius 3 is 2.56 bits per heavy atom. The molecule has 2 heterocycles. The summed E-state index contributed by atoms with van der Waals surface area (Å²) >= 11 is 1.63. The number of carbonyl (C=O) groups is 1. The third-order valence-electron chi connectivity index (χ3n) is 6.38. The van der Waals surface area contributed by atoms with Gasteiger partial charge in [-0.05, 0) is 54.8 Å². The lowest BCUT2D eigenvalue weighted by Gasteiger charge is -2.29. The number of fused-ring (bicyclic) bond motifs is 2. The Morgan fingerprint density at radius 2 is 1.71 bits per heavy atom. The molecule has 0 bridgehead atoms. The fraction of sp³-hybridized carbons (Fsp3) is 0.179. The van der Waals surface area contributed by atoms with Gasteiger partial charge in [0.1, 0.15) is 0 Å². The van der Waals surface area contributed by atoms with Crippen LogP contribution < -0.4 is 4.90 Å². The van der Waals surface area contributed by atoms with E-state index in [4.69, 9.17) is 4.52 Å². The molecular formula is C28H23N3O2S. The van der Waals surface area contributed by atoms with Gasteiger partial charge in [0.25, 0.3) is 11.8 Å². The quantitative estimate of drug-likeness (QED) is 0.326. The summed E-state index contributed by atoms with van der Waals surface area (Å²) in [6.45, 7) is 0. The van der Waals surface area contributed by atoms with Crippen LogP contribution in [0, 0.1) is 0 Å². The second-order valence-corrected chi connectivity index (χ2v) is 9.68. The highest BCUT2D eigenvalue weighted by atomic mass is 32.2. The molecule has 0 radical (unpaired) electrons. The monoisotopic (exact) mass is 465 g/mol. The average Bonchev–Trinajstić information content (AvgIpc) is 3.55. The van der Waals surface area contributed by atoms with Crippen molar-refractivity contribution in [1.82, 2.24) is 10.1 Å². The largest absolute Gasteiger partial charge is 0.334 e. The summed E-state index contributed by atoms with van der Waals surface area (Å²) in [5, 5.41) is 4.20. The molecule has 6 heteroatoms. The van der Waals surface area contributed by atoms with Crippen molar-refractivity contribution in [2.75, 3.05) is 4.90 Å². The van der Waals surface area contributed by atoms with Crippen LogP contribution in [-0.4, -0.2) is 22.1 Å². The van der Waals surface area contributed by atoms with Crippen molar-refractivity contribution in [1.29, 1.82) is 0 Å². The molecule has 0 unspecified atom stereocenters. The minimum absolute atomic E-state index is 0.0920. The van der Waals surface area contributed by atoms with Crippen molar-refractivity contribution in [2.24, 2.45) is 0 Å². The Kier molecular flexibility index (Phi) is 5.51. The molecule has 1 aromatic heterocycles. The van der Waals surface area contributed by atoms with Gasteiger partial charge in [-0.2, -0.15) is 4.98 Å². The fourth-order valence-electron chi connectivity index (χ4n) is 4.70. The van der Waals surface area contributed by atoms with Crippen molar-refractivity contribution in [2.45, 2.75) is 41.5 Å². The Labute approximate surface area is 202 Å². The van der Waals surface area contributed by atoms with Crippen LogP contribution in [0.25, 0.3) is 23.5 Å². The molecule has 2 aliphatic rings. The van der Waals surface area contributed by atoms with Gasteiger partial charge in [-0.3, -0.25) is 4.79 Å². The number of carbonyl (C=O) groups excluding carboxylic acids is 1. The average molecular weight is 466 g/mol. The summed E-state index contributed by atoms with van der Waals surface area (Å²) in [5.41, 5.74) is 3.67. The van der Waals surface area contributed by atoms with Crippen molar-refractivity contribution in [3.05, 3.63) is 89.8 Å². The number of hydrogen-bond acceptors (Lipinski definition) is 5. The standard InChI is InChI=1S/C28H23N3O2S/c32-28-22-12-6-7-13-24(22)34-25-18-20(15-16-23(25)31(28)21-10-4-5-11-21)27-29-26(33-30-27)17-14-19-8-2-1-3-9-19/h1-3,6-9,12-18,21H,4-5,10-11H2. The molecule has 168 valence electrons. The molecule has 0 atom stereocenters. The van der Waals surface area contributed by atoms with E-state index in [1.807, 2.05) is 83.8 Å². The van der Waals surface area contributed by atoms with Crippen molar-refractivity contribution >= 4 is 35.5 Å². The van der Waals surface area contributed by atoms with Gasteiger partial charge in [-0.15, -0.1) is 0 Å². The lowest BCUT2D eigenvalue weighted by atomic mass is 10.1. The van der Waals surface area contributed by atoms with Gasteiger partial charge in [0, 0.05) is 27.5 Å². The van der Waals surface area contributed by atoms with E-state index in [0.29, 0.717) is 11.7 Å². The third kappa shape index (κ3) is 3.94. The molecule has 1 amide bonds. The van der Waals surface area contributed by atoms with E-state index in [0.717, 1.165) is 45.0 Å². The molecule has 34 heavy (non-hydrogen) atoms. The SMILES string of the molecule is O=C1c2ccccc2Sc2cc(-c3noc(C=Cc4ccccc4)n3)ccc2N1C1CCCC1. The first-order valence-corrected chi connectivity index (χ1v) is 12.4. The van der Waals surface area contributed by atoms with E-state index >= 15 is 0 Å². The second-order valence-electron chi connectivity index (χ2n) is 8.59. The molecular weight excluding hydrogens is 442 g/mol. The van der Waals surface area contributed by atoms with E-state index in [1.54, 1.807) is 11.8 Å². The molecule has 1 saturated carbocycles. The molecule has 1 fully saturated rings. The molecule has 4 aromatic rings. The van der Waals surface area contributed by atoms with Gasteiger partial charge in [-0.1, -0.05) is 72.2 Å². The van der Waals surface area contributed by atoms with Crippen LogP contribution in [0.1, 0.15) is 47.5 Å². The number of aromatic nitrogens is 2. The molecule has 0 spiro atoms. The Hall–Kier alpha value is -3.64. The zero-order valence-electron chi connectivity index (χ0n) is 18.6. The number of hydrogen-bond donors (Lipinski definition) is 0. The van der Waals surface area contributed by atoms with Gasteiger partial charge in [0.15, 0.2) is 0 Å². The number of benzene rings is 3. The number of rotatable bonds is 4. The lowest BCUT2D eigenvalue weighted by molar-refractivity contribution is 0.0974. The highest BCUT2D eigenvalue weighted by Gasteiger charge is 2.34. The van der Waals surface area contributed by atoms with Crippen LogP contribution in [0.3, 0.4) is 0 Å². The first-order valence-electron chi connectivity index (χ1n) is 11.6. The van der Waals surface area contributed by atoms with E-state index in [2.05, 4.69) is 16.2 Å². The highest BCUT2D eigenvalue weighted by molar-refractivity contribution is 7.99. The summed E-state index contributed by atoms with van der Waals surface area (Å²) in [6.07, 6.45) is 8.19. The third-order valence-corrected chi connectivity index (χ3v) is 7.51. The maximum atomic E-state index is 13.6. The summed E-state index contributed by atoms with van der Waals surface area (Å²) in [4.78, 5) is 22.2. The summed E-state index contributed by atoms with van der Waals surface area (Å²) < 4.78 is 5.47. The first-order chi connectivity index (χ1) is 16.8. The van der Waals surface area contributed by atoms with Crippen LogP contribution in [0.5, 0.6) is 0 Å². The van der Waals surface area contributed by atoms with Crippen molar-refractivity contribution in [3.8, 4) is 11.4 Å². The van der Waals surface area contributed by atoms with E-state index < -0.39 is 0 Å². The van der Waals surface area contributed by atoms with E-state index in [1.165, 1.54) is 12.8 Å². The highest BCUT2D eigenvalue weighted by Crippen LogP contribution is 2.45. The van der Waals surface area contributed by atoms with Crippen LogP contribution in [0.15, 0.2) is 87.1 Å². The second kappa shape index (κ2) is 8.95. The van der Waals surface area contributed by atoms with Gasteiger partial charge in [0.2, 0.25) is 5.82 Å². The Morgan fingerprint density at radius 1 is 0.912 bits per heavy atom. The minimum Gasteiger partial charge on any atom is -0.334 e. The van der Waals surface area contributed by atoms with Gasteiger partial charge >= 0.3 is 0 Å². The zero-order chi connectivity index (χ0) is 22.9. The summed E-state index contributed by atoms with van der Waals surface area (Å²) in [6, 6.07) is 24.2. The molecule has 0 N–H and O–H groups in total. The molecule has 1 aliphatic carbocycles. The Balaban J connectivity index is 1.36. The molecule has 0 saturated heterocycles. The summed E-state index contributed by atoms with van der Waals surface area (Å²) in [5.74, 6) is 1.08. The van der Waals surface area contributed by atoms with Gasteiger partial charge < -0.3 is 9.42 Å². The topological polar surface area (TPSA) is 59.2 Å². The van der Waals surface area contributed by atoms with E-state index in [9.17, 15) is 4.79 Å². The van der Waals surface area contributed by atoms with Crippen LogP contribution in [-0.2, 0) is 0 Å². The van der Waals surface area contributed by atoms with Crippen molar-refractivity contribution < 1.29 is 9.32 Å². The van der Waals surface area contributed by atoms with Gasteiger partial charge in [0.05, 0.1) is 11.3 Å². The number of anilines is 1. The molecule has 3 aromatic carbocycles. The smallest absolute Gasteiger partial charge is 0.259 e. The predicted molar refractivity (Wildman–Crippen MR) is 135 cm³/mol. The zero-order valence-corrected chi connectivity index (χ0v) is 19.4. The summed E-state index contributed by atoms with van der Waals surface area (Å²) in [7, 11) is 0. The maximum Gasteiger partial charge on any atom is 0.259 e.